The summed E-state index contributed by atoms with van der Waals surface area (Å²) in [5.74, 6) is 0. The van der Waals surface area contributed by atoms with Crippen LogP contribution in [0, 0.1) is 11.3 Å². The summed E-state index contributed by atoms with van der Waals surface area (Å²) >= 11 is 0. The summed E-state index contributed by atoms with van der Waals surface area (Å²) < 4.78 is 13.3. The molecule has 0 aromatic carbocycles. The van der Waals surface area contributed by atoms with Crippen LogP contribution in [0.2, 0.25) is 0 Å². The van der Waals surface area contributed by atoms with E-state index >= 15 is 0 Å². The first-order chi connectivity index (χ1) is 4.06. The average molecular weight is 302 g/mol. The normalized spacial score (nSPS) is 8.82. The van der Waals surface area contributed by atoms with Gasteiger partial charge in [0.05, 0.1) is 26.9 Å². The fourth-order valence-electron chi connectivity index (χ4n) is 0.203. The van der Waals surface area contributed by atoms with E-state index in [1.807, 2.05) is 0 Å². The van der Waals surface area contributed by atoms with Crippen molar-refractivity contribution >= 4 is 56.7 Å². The zero-order valence-electron chi connectivity index (χ0n) is 5.15. The quantitative estimate of drug-likeness (QED) is 0.378. The van der Waals surface area contributed by atoms with Gasteiger partial charge in [-0.2, -0.15) is 5.26 Å². The topological polar surface area (TPSA) is 96.2 Å². The van der Waals surface area contributed by atoms with Gasteiger partial charge in [0, 0.05) is 0 Å². The number of nitrogens with zero attached hydrogens (tertiary/aromatic N) is 1. The maximum atomic E-state index is 9.65. The first-order valence-corrected chi connectivity index (χ1v) is 3.56. The van der Waals surface area contributed by atoms with E-state index in [0.717, 1.165) is 0 Å². The van der Waals surface area contributed by atoms with Gasteiger partial charge in [-0.25, -0.2) is 0 Å². The van der Waals surface area contributed by atoms with Crippen molar-refractivity contribution < 1.29 is 18.9 Å². The van der Waals surface area contributed by atoms with Gasteiger partial charge in [-0.15, -0.1) is 0 Å². The number of nitriles is 1. The van der Waals surface area contributed by atoms with Crippen molar-refractivity contribution in [2.45, 2.75) is 13.8 Å². The second-order valence-electron chi connectivity index (χ2n) is 1.19. The minimum absolute atomic E-state index is 0. The summed E-state index contributed by atoms with van der Waals surface area (Å²) in [5.41, 5.74) is 0. The van der Waals surface area contributed by atoms with Crippen LogP contribution in [0.5, 0.6) is 0 Å². The third-order valence-electron chi connectivity index (χ3n) is 0.463. The summed E-state index contributed by atoms with van der Waals surface area (Å²) in [7, 11) is -4.85. The SMILES string of the molecule is C.N#CCCOP(=O)([O-])[O-].[Ba+2]. The molecule has 0 spiro atoms. The van der Waals surface area contributed by atoms with Crippen LogP contribution in [-0.2, 0) is 9.09 Å². The maximum absolute atomic E-state index is 9.65. The third-order valence-corrected chi connectivity index (χ3v) is 0.962. The van der Waals surface area contributed by atoms with E-state index in [9.17, 15) is 14.4 Å². The van der Waals surface area contributed by atoms with Crippen molar-refractivity contribution in [1.82, 2.24) is 0 Å². The Morgan fingerprint density at radius 3 is 2.27 bits per heavy atom. The third kappa shape index (κ3) is 18.3. The molecule has 0 saturated carbocycles. The van der Waals surface area contributed by atoms with Gasteiger partial charge < -0.3 is 18.9 Å². The summed E-state index contributed by atoms with van der Waals surface area (Å²) in [6.45, 7) is -0.346. The number of phosphoric ester groups is 1. The Morgan fingerprint density at radius 1 is 1.55 bits per heavy atom. The smallest absolute Gasteiger partial charge is 0.790 e. The van der Waals surface area contributed by atoms with E-state index in [4.69, 9.17) is 5.26 Å². The van der Waals surface area contributed by atoms with Crippen molar-refractivity contribution in [2.24, 2.45) is 0 Å². The van der Waals surface area contributed by atoms with E-state index in [1.165, 1.54) is 0 Å². The molecule has 0 heterocycles. The molecule has 0 N–H and O–H groups in total. The minimum atomic E-state index is -4.85. The molecular weight excluding hydrogens is 294 g/mol. The van der Waals surface area contributed by atoms with E-state index in [1.54, 1.807) is 6.07 Å². The maximum Gasteiger partial charge on any atom is 2.00 e. The second kappa shape index (κ2) is 9.26. The van der Waals surface area contributed by atoms with E-state index < -0.39 is 7.82 Å². The van der Waals surface area contributed by atoms with Crippen LogP contribution in [-0.4, -0.2) is 55.5 Å². The predicted molar refractivity (Wildman–Crippen MR) is 36.3 cm³/mol. The van der Waals surface area contributed by atoms with Crippen LogP contribution in [0.3, 0.4) is 0 Å². The summed E-state index contributed by atoms with van der Waals surface area (Å²) in [6.07, 6.45) is -0.0888. The molecule has 60 valence electrons. The van der Waals surface area contributed by atoms with E-state index in [2.05, 4.69) is 4.52 Å². The largest absolute Gasteiger partial charge is 2.00 e. The second-order valence-corrected chi connectivity index (χ2v) is 2.34. The number of hydrogen-bond acceptors (Lipinski definition) is 5. The van der Waals surface area contributed by atoms with Crippen molar-refractivity contribution in [2.75, 3.05) is 6.61 Å². The van der Waals surface area contributed by atoms with Crippen LogP contribution in [0.1, 0.15) is 13.8 Å². The fraction of sp³-hybridized carbons (Fsp3) is 0.750. The molecule has 11 heavy (non-hydrogen) atoms. The first kappa shape index (κ1) is 18.1. The van der Waals surface area contributed by atoms with Gasteiger partial charge in [0.1, 0.15) is 0 Å². The van der Waals surface area contributed by atoms with Gasteiger partial charge in [-0.1, -0.05) is 7.43 Å². The Bertz CT molecular complexity index is 162. The molecule has 0 aromatic rings. The zero-order valence-corrected chi connectivity index (χ0v) is 10.5. The van der Waals surface area contributed by atoms with Gasteiger partial charge in [-0.05, 0) is 0 Å². The Kier molecular flexibility index (Phi) is 15.2. The Hall–Kier alpha value is 1.17. The molecular formula is C4H8BaNO4P. The predicted octanol–water partition coefficient (Wildman–Crippen LogP) is -0.999. The molecule has 0 amide bonds. The van der Waals surface area contributed by atoms with Crippen molar-refractivity contribution in [3.63, 3.8) is 0 Å². The number of rotatable bonds is 3. The Balaban J connectivity index is -0.000000320. The van der Waals surface area contributed by atoms with Gasteiger partial charge in [0.25, 0.3) is 0 Å². The van der Waals surface area contributed by atoms with Crippen LogP contribution in [0.25, 0.3) is 0 Å². The molecule has 0 aliphatic carbocycles. The minimum Gasteiger partial charge on any atom is -0.790 e. The molecule has 0 rings (SSSR count). The summed E-state index contributed by atoms with van der Waals surface area (Å²) in [4.78, 5) is 19.3. The average Bonchev–Trinajstić information content (AvgIpc) is 1.63. The molecule has 0 atom stereocenters. The summed E-state index contributed by atoms with van der Waals surface area (Å²) in [5, 5.41) is 7.84. The van der Waals surface area contributed by atoms with Gasteiger partial charge >= 0.3 is 48.9 Å². The Morgan fingerprint density at radius 2 is 2.00 bits per heavy atom. The van der Waals surface area contributed by atoms with Crippen LogP contribution in [0.4, 0.5) is 0 Å². The monoisotopic (exact) mass is 303 g/mol. The van der Waals surface area contributed by atoms with Crippen molar-refractivity contribution in [1.29, 1.82) is 5.26 Å². The van der Waals surface area contributed by atoms with Crippen LogP contribution < -0.4 is 9.79 Å². The molecule has 7 heteroatoms. The molecule has 0 saturated heterocycles. The molecule has 5 nitrogen and oxygen atoms in total. The summed E-state index contributed by atoms with van der Waals surface area (Å²) in [6, 6.07) is 1.62. The van der Waals surface area contributed by atoms with Gasteiger partial charge in [-0.3, -0.25) is 0 Å². The molecule has 0 bridgehead atoms. The van der Waals surface area contributed by atoms with E-state index in [-0.39, 0.29) is 69.3 Å². The zero-order chi connectivity index (χ0) is 7.33. The number of phosphoric acid groups is 1. The molecule has 0 fully saturated rings. The molecule has 0 aliphatic heterocycles. The van der Waals surface area contributed by atoms with Crippen LogP contribution in [0.15, 0.2) is 0 Å². The van der Waals surface area contributed by atoms with Crippen molar-refractivity contribution in [3.05, 3.63) is 0 Å². The molecule has 0 radical (unpaired) electrons. The first-order valence-electron chi connectivity index (χ1n) is 2.10. The molecule has 0 aliphatic rings. The van der Waals surface area contributed by atoms with Crippen LogP contribution >= 0.6 is 7.82 Å². The fourth-order valence-corrected chi connectivity index (χ4v) is 0.518. The van der Waals surface area contributed by atoms with Gasteiger partial charge in [0.2, 0.25) is 0 Å². The Labute approximate surface area is 106 Å². The number of hydrogen-bond donors (Lipinski definition) is 0. The van der Waals surface area contributed by atoms with E-state index in [0.29, 0.717) is 0 Å². The molecule has 0 unspecified atom stereocenters. The standard InChI is InChI=1S/C3H6NO4P.CH4.Ba/c4-2-1-3-8-9(5,6)7;;/h1,3H2,(H2,5,6,7);1H4;/q;;+2/p-2. The van der Waals surface area contributed by atoms with Crippen molar-refractivity contribution in [3.8, 4) is 6.07 Å². The van der Waals surface area contributed by atoms with Gasteiger partial charge in [0.15, 0.2) is 0 Å². The molecule has 0 aromatic heterocycles.